The lowest BCUT2D eigenvalue weighted by molar-refractivity contribution is 0.0894. The molecule has 0 bridgehead atoms. The van der Waals surface area contributed by atoms with Crippen molar-refractivity contribution in [1.82, 2.24) is 9.62 Å². The molecule has 1 fully saturated rings. The highest BCUT2D eigenvalue weighted by molar-refractivity contribution is 7.88. The molecule has 1 N–H and O–H groups in total. The molecule has 0 spiro atoms. The van der Waals surface area contributed by atoms with Gasteiger partial charge < -0.3 is 9.64 Å². The minimum atomic E-state index is -3.78. The van der Waals surface area contributed by atoms with Gasteiger partial charge in [-0.3, -0.25) is 0 Å². The van der Waals surface area contributed by atoms with Crippen LogP contribution in [0.4, 0.5) is 13.6 Å². The van der Waals surface area contributed by atoms with Gasteiger partial charge in [-0.15, -0.1) is 0 Å². The maximum absolute atomic E-state index is 14.7. The molecule has 0 saturated carbocycles. The third kappa shape index (κ3) is 5.47. The van der Waals surface area contributed by atoms with Crippen LogP contribution in [0.15, 0.2) is 48.5 Å². The van der Waals surface area contributed by atoms with Gasteiger partial charge in [0.1, 0.15) is 18.6 Å². The molecule has 3 atom stereocenters. The van der Waals surface area contributed by atoms with Crippen molar-refractivity contribution in [3.8, 4) is 0 Å². The number of hydrogen-bond acceptors (Lipinski definition) is 4. The second-order valence-corrected chi connectivity index (χ2v) is 9.30. The summed E-state index contributed by atoms with van der Waals surface area (Å²) in [6.45, 7) is -0.413. The van der Waals surface area contributed by atoms with E-state index in [4.69, 9.17) is 16.3 Å². The lowest BCUT2D eigenvalue weighted by Crippen LogP contribution is -2.49. The molecule has 3 rings (SSSR count). The van der Waals surface area contributed by atoms with Crippen molar-refractivity contribution >= 4 is 27.7 Å². The average molecular weight is 459 g/mol. The van der Waals surface area contributed by atoms with Gasteiger partial charge in [-0.2, -0.15) is 0 Å². The van der Waals surface area contributed by atoms with Gasteiger partial charge in [-0.05, 0) is 23.6 Å². The first-order valence-electron chi connectivity index (χ1n) is 9.17. The van der Waals surface area contributed by atoms with Crippen molar-refractivity contribution in [3.63, 3.8) is 0 Å². The Morgan fingerprint density at radius 1 is 1.23 bits per heavy atom. The second-order valence-electron chi connectivity index (χ2n) is 7.11. The van der Waals surface area contributed by atoms with Crippen molar-refractivity contribution in [3.05, 3.63) is 70.5 Å². The molecule has 0 radical (unpaired) electrons. The zero-order valence-electron chi connectivity index (χ0n) is 16.1. The molecule has 1 amide bonds. The second kappa shape index (κ2) is 9.28. The minimum Gasteiger partial charge on any atom is -0.445 e. The number of halogens is 3. The van der Waals surface area contributed by atoms with Crippen LogP contribution in [0.25, 0.3) is 0 Å². The van der Waals surface area contributed by atoms with Crippen LogP contribution >= 0.6 is 11.6 Å². The number of sulfonamides is 1. The molecule has 1 aliphatic rings. The molecule has 10 heteroatoms. The molecular formula is C20H21ClF2N2O4S. The number of rotatable bonds is 6. The summed E-state index contributed by atoms with van der Waals surface area (Å²) in [5, 5.41) is -0.117. The minimum absolute atomic E-state index is 0.0322. The number of carbonyl (C=O) groups excluding carboxylic acids is 1. The summed E-state index contributed by atoms with van der Waals surface area (Å²) in [5.74, 6) is -0.697. The van der Waals surface area contributed by atoms with Gasteiger partial charge in [0.15, 0.2) is 0 Å². The monoisotopic (exact) mass is 458 g/mol. The van der Waals surface area contributed by atoms with Crippen LogP contribution in [-0.4, -0.2) is 50.5 Å². The number of carbonyl (C=O) groups is 1. The molecule has 1 aliphatic heterocycles. The van der Waals surface area contributed by atoms with E-state index in [-0.39, 0.29) is 30.2 Å². The van der Waals surface area contributed by atoms with Crippen LogP contribution in [0, 0.1) is 5.82 Å². The van der Waals surface area contributed by atoms with Crippen LogP contribution in [0.3, 0.4) is 0 Å². The Bertz CT molecular complexity index is 1010. The van der Waals surface area contributed by atoms with Gasteiger partial charge in [0, 0.05) is 0 Å². The Balaban J connectivity index is 1.83. The third-order valence-corrected chi connectivity index (χ3v) is 5.82. The fraction of sp³-hybridized carbons (Fsp3) is 0.350. The van der Waals surface area contributed by atoms with E-state index in [2.05, 4.69) is 4.72 Å². The van der Waals surface area contributed by atoms with Crippen molar-refractivity contribution in [2.45, 2.75) is 31.3 Å². The quantitative estimate of drug-likeness (QED) is 0.720. The van der Waals surface area contributed by atoms with E-state index in [1.165, 1.54) is 18.2 Å². The molecule has 162 valence electrons. The zero-order valence-corrected chi connectivity index (χ0v) is 17.7. The molecule has 2 aromatic rings. The fourth-order valence-electron chi connectivity index (χ4n) is 3.45. The van der Waals surface area contributed by atoms with E-state index in [9.17, 15) is 22.0 Å². The van der Waals surface area contributed by atoms with Crippen molar-refractivity contribution in [2.24, 2.45) is 0 Å². The number of likely N-dealkylation sites (tertiary alicyclic amines) is 1. The van der Waals surface area contributed by atoms with E-state index in [1.807, 2.05) is 6.07 Å². The zero-order chi connectivity index (χ0) is 21.9. The maximum atomic E-state index is 14.7. The Labute approximate surface area is 178 Å². The van der Waals surface area contributed by atoms with E-state index in [0.717, 1.165) is 16.7 Å². The lowest BCUT2D eigenvalue weighted by atomic mass is 10.00. The predicted octanol–water partition coefficient (Wildman–Crippen LogP) is 3.30. The highest BCUT2D eigenvalue weighted by Crippen LogP contribution is 2.28. The van der Waals surface area contributed by atoms with Crippen LogP contribution < -0.4 is 4.72 Å². The first kappa shape index (κ1) is 22.5. The average Bonchev–Trinajstić information content (AvgIpc) is 2.98. The summed E-state index contributed by atoms with van der Waals surface area (Å²) >= 11 is 5.82. The molecule has 6 nitrogen and oxygen atoms in total. The van der Waals surface area contributed by atoms with Crippen LogP contribution in [0.1, 0.15) is 11.1 Å². The number of ether oxygens (including phenoxy) is 1. The third-order valence-electron chi connectivity index (χ3n) is 4.83. The number of nitrogens with one attached hydrogen (secondary N) is 1. The Hall–Kier alpha value is -2.23. The summed E-state index contributed by atoms with van der Waals surface area (Å²) in [6, 6.07) is 11.0. The molecule has 0 aromatic heterocycles. The van der Waals surface area contributed by atoms with Crippen LogP contribution in [0.5, 0.6) is 0 Å². The largest absolute Gasteiger partial charge is 0.445 e. The standard InChI is InChI=1S/C20H21ClF2N2O4S/c1-30(27,28)24-19-16(22)11-25(20(26)29-12-13-6-3-2-4-7-13)17(19)10-14-8-5-9-15(21)18(14)23/h2-9,16-17,19,24H,10-12H2,1H3/t16-,17-,19-/m0/s1. The Kier molecular flexibility index (Phi) is 6.95. The predicted molar refractivity (Wildman–Crippen MR) is 109 cm³/mol. The van der Waals surface area contributed by atoms with Crippen molar-refractivity contribution in [1.29, 1.82) is 0 Å². The highest BCUT2D eigenvalue weighted by atomic mass is 35.5. The summed E-state index contributed by atoms with van der Waals surface area (Å²) in [7, 11) is -3.78. The van der Waals surface area contributed by atoms with E-state index >= 15 is 0 Å². The molecule has 1 saturated heterocycles. The molecule has 1 heterocycles. The summed E-state index contributed by atoms with van der Waals surface area (Å²) < 4.78 is 60.1. The molecule has 30 heavy (non-hydrogen) atoms. The normalized spacial score (nSPS) is 21.6. The molecular weight excluding hydrogens is 438 g/mol. The van der Waals surface area contributed by atoms with E-state index < -0.39 is 40.2 Å². The van der Waals surface area contributed by atoms with Gasteiger partial charge in [-0.25, -0.2) is 26.7 Å². The molecule has 2 aromatic carbocycles. The van der Waals surface area contributed by atoms with Gasteiger partial charge in [0.25, 0.3) is 0 Å². The highest BCUT2D eigenvalue weighted by Gasteiger charge is 2.46. The number of hydrogen-bond donors (Lipinski definition) is 1. The van der Waals surface area contributed by atoms with Gasteiger partial charge in [-0.1, -0.05) is 54.1 Å². The summed E-state index contributed by atoms with van der Waals surface area (Å²) in [6.07, 6.45) is -1.74. The van der Waals surface area contributed by atoms with Crippen LogP contribution in [0.2, 0.25) is 5.02 Å². The number of alkyl halides is 1. The Morgan fingerprint density at radius 2 is 1.93 bits per heavy atom. The smallest absolute Gasteiger partial charge is 0.410 e. The van der Waals surface area contributed by atoms with Gasteiger partial charge in [0.05, 0.1) is 29.9 Å². The van der Waals surface area contributed by atoms with Crippen molar-refractivity contribution < 1.29 is 26.7 Å². The summed E-state index contributed by atoms with van der Waals surface area (Å²) in [5.41, 5.74) is 0.882. The molecule has 0 aliphatic carbocycles. The maximum Gasteiger partial charge on any atom is 0.410 e. The number of nitrogens with zero attached hydrogens (tertiary/aromatic N) is 1. The van der Waals surface area contributed by atoms with E-state index in [1.54, 1.807) is 24.3 Å². The van der Waals surface area contributed by atoms with E-state index in [0.29, 0.717) is 0 Å². The topological polar surface area (TPSA) is 75.7 Å². The number of benzene rings is 2. The lowest BCUT2D eigenvalue weighted by Gasteiger charge is -2.27. The Morgan fingerprint density at radius 3 is 2.60 bits per heavy atom. The van der Waals surface area contributed by atoms with Gasteiger partial charge >= 0.3 is 6.09 Å². The first-order valence-corrected chi connectivity index (χ1v) is 11.4. The van der Waals surface area contributed by atoms with Crippen molar-refractivity contribution in [2.75, 3.05) is 12.8 Å². The molecule has 0 unspecified atom stereocenters. The first-order chi connectivity index (χ1) is 14.2. The van der Waals surface area contributed by atoms with Gasteiger partial charge in [0.2, 0.25) is 10.0 Å². The number of amides is 1. The summed E-state index contributed by atoms with van der Waals surface area (Å²) in [4.78, 5) is 13.8. The SMILES string of the molecule is CS(=O)(=O)N[C@H]1[C@@H](F)CN(C(=O)OCc2ccccc2)[C@H]1Cc1cccc(Cl)c1F. The fourth-order valence-corrected chi connectivity index (χ4v) is 4.45. The van der Waals surface area contributed by atoms with Crippen LogP contribution in [-0.2, 0) is 27.8 Å².